The van der Waals surface area contributed by atoms with E-state index in [1.165, 1.54) is 12.1 Å². The number of imidazole rings is 1. The number of aromatic nitrogens is 2. The monoisotopic (exact) mass is 456 g/mol. The van der Waals surface area contributed by atoms with Crippen LogP contribution in [0, 0.1) is 0 Å². The minimum atomic E-state index is -0.348. The summed E-state index contributed by atoms with van der Waals surface area (Å²) in [6, 6.07) is 17.0. The molecule has 3 aromatic carbocycles. The van der Waals surface area contributed by atoms with Gasteiger partial charge in [0.2, 0.25) is 0 Å². The van der Waals surface area contributed by atoms with Crippen molar-refractivity contribution in [3.8, 4) is 11.5 Å². The largest absolute Gasteiger partial charge is 0.508 e. The molecule has 3 N–H and O–H groups in total. The van der Waals surface area contributed by atoms with Gasteiger partial charge in [-0.25, -0.2) is 4.98 Å². The smallest absolute Gasteiger partial charge is 0.262 e. The van der Waals surface area contributed by atoms with E-state index in [-0.39, 0.29) is 28.9 Å². The summed E-state index contributed by atoms with van der Waals surface area (Å²) in [7, 11) is 1.73. The minimum Gasteiger partial charge on any atom is -0.508 e. The molecule has 5 rings (SSSR count). The minimum absolute atomic E-state index is 0.108. The van der Waals surface area contributed by atoms with Crippen LogP contribution in [0.4, 0.5) is 5.69 Å². The molecule has 34 heavy (non-hydrogen) atoms. The van der Waals surface area contributed by atoms with Crippen LogP contribution in [-0.4, -0.2) is 50.5 Å². The van der Waals surface area contributed by atoms with E-state index in [1.54, 1.807) is 29.0 Å². The van der Waals surface area contributed by atoms with Gasteiger partial charge in [-0.1, -0.05) is 12.1 Å². The summed E-state index contributed by atoms with van der Waals surface area (Å²) in [5.41, 5.74) is 4.07. The Hall–Kier alpha value is -4.33. The van der Waals surface area contributed by atoms with E-state index < -0.39 is 0 Å². The van der Waals surface area contributed by atoms with Crippen LogP contribution in [0.5, 0.6) is 11.5 Å². The summed E-state index contributed by atoms with van der Waals surface area (Å²) in [6.45, 7) is 0.848. The molecular weight excluding hydrogens is 432 g/mol. The van der Waals surface area contributed by atoms with E-state index >= 15 is 0 Å². The number of phenolic OH excluding ortho intramolecular Hbond substituents is 2. The predicted molar refractivity (Wildman–Crippen MR) is 128 cm³/mol. The molecule has 1 aliphatic rings. The van der Waals surface area contributed by atoms with E-state index in [4.69, 9.17) is 0 Å². The number of hydrogen-bond donors (Lipinski definition) is 3. The quantitative estimate of drug-likeness (QED) is 0.432. The predicted octanol–water partition coefficient (Wildman–Crippen LogP) is 3.84. The van der Waals surface area contributed by atoms with Crippen molar-refractivity contribution in [1.29, 1.82) is 0 Å². The molecule has 1 aromatic heterocycles. The van der Waals surface area contributed by atoms with Crippen molar-refractivity contribution in [3.05, 3.63) is 83.2 Å². The number of nitrogens with one attached hydrogen (secondary N) is 1. The highest BCUT2D eigenvalue weighted by molar-refractivity contribution is 6.08. The molecule has 2 amide bonds. The second-order valence-electron chi connectivity index (χ2n) is 8.47. The van der Waals surface area contributed by atoms with Crippen LogP contribution in [0.2, 0.25) is 0 Å². The van der Waals surface area contributed by atoms with Crippen LogP contribution in [0.3, 0.4) is 0 Å². The van der Waals surface area contributed by atoms with Crippen molar-refractivity contribution >= 4 is 28.5 Å². The Bertz CT molecular complexity index is 1380. The second kappa shape index (κ2) is 8.55. The van der Waals surface area contributed by atoms with Gasteiger partial charge in [0.05, 0.1) is 23.1 Å². The van der Waals surface area contributed by atoms with Crippen LogP contribution in [-0.2, 0) is 13.0 Å². The lowest BCUT2D eigenvalue weighted by Crippen LogP contribution is -2.35. The van der Waals surface area contributed by atoms with Gasteiger partial charge in [-0.2, -0.15) is 0 Å². The fourth-order valence-electron chi connectivity index (χ4n) is 4.38. The molecule has 8 nitrogen and oxygen atoms in total. The Morgan fingerprint density at radius 1 is 1.09 bits per heavy atom. The molecule has 0 radical (unpaired) electrons. The first-order chi connectivity index (χ1) is 16.4. The van der Waals surface area contributed by atoms with Crippen LogP contribution in [0.1, 0.15) is 38.5 Å². The van der Waals surface area contributed by atoms with E-state index in [0.29, 0.717) is 24.5 Å². The fraction of sp³-hybridized carbons (Fsp3) is 0.192. The second-order valence-corrected chi connectivity index (χ2v) is 8.47. The zero-order valence-electron chi connectivity index (χ0n) is 18.7. The van der Waals surface area contributed by atoms with Gasteiger partial charge in [-0.05, 0) is 60.9 Å². The van der Waals surface area contributed by atoms with Gasteiger partial charge in [0.15, 0.2) is 0 Å². The number of para-hydroxylation sites is 2. The van der Waals surface area contributed by atoms with E-state index in [9.17, 15) is 19.8 Å². The summed E-state index contributed by atoms with van der Waals surface area (Å²) in [5, 5.41) is 19.6. The van der Waals surface area contributed by atoms with Gasteiger partial charge >= 0.3 is 0 Å². The third kappa shape index (κ3) is 3.94. The normalized spacial score (nSPS) is 13.0. The molecule has 172 valence electrons. The highest BCUT2D eigenvalue weighted by Gasteiger charge is 2.26. The highest BCUT2D eigenvalue weighted by atomic mass is 16.3. The fourth-order valence-corrected chi connectivity index (χ4v) is 4.38. The molecule has 0 bridgehead atoms. The zero-order chi connectivity index (χ0) is 23.8. The number of aromatic amines is 1. The van der Waals surface area contributed by atoms with Gasteiger partial charge in [0.1, 0.15) is 17.3 Å². The molecule has 0 saturated heterocycles. The Kier molecular flexibility index (Phi) is 5.41. The Morgan fingerprint density at radius 3 is 2.71 bits per heavy atom. The lowest BCUT2D eigenvalue weighted by molar-refractivity contribution is 0.0781. The summed E-state index contributed by atoms with van der Waals surface area (Å²) >= 11 is 0. The maximum absolute atomic E-state index is 13.1. The van der Waals surface area contributed by atoms with Gasteiger partial charge in [0.25, 0.3) is 11.8 Å². The number of nitrogens with zero attached hydrogens (tertiary/aromatic N) is 3. The lowest BCUT2D eigenvalue weighted by Gasteiger charge is -2.30. The van der Waals surface area contributed by atoms with Crippen molar-refractivity contribution < 1.29 is 19.8 Å². The molecule has 0 unspecified atom stereocenters. The molecule has 0 fully saturated rings. The van der Waals surface area contributed by atoms with Crippen molar-refractivity contribution in [2.45, 2.75) is 19.4 Å². The molecule has 1 aliphatic heterocycles. The summed E-state index contributed by atoms with van der Waals surface area (Å²) < 4.78 is 0. The number of hydrogen-bond acceptors (Lipinski definition) is 5. The van der Waals surface area contributed by atoms with Gasteiger partial charge < -0.3 is 25.0 Å². The first kappa shape index (κ1) is 21.5. The molecule has 4 aromatic rings. The summed E-state index contributed by atoms with van der Waals surface area (Å²) in [6.07, 6.45) is 1.49. The average Bonchev–Trinajstić information content (AvgIpc) is 3.24. The molecule has 0 saturated carbocycles. The summed E-state index contributed by atoms with van der Waals surface area (Å²) in [5.74, 6) is -0.151. The highest BCUT2D eigenvalue weighted by Crippen LogP contribution is 2.32. The van der Waals surface area contributed by atoms with Crippen molar-refractivity contribution in [2.24, 2.45) is 0 Å². The van der Waals surface area contributed by atoms with Crippen LogP contribution in [0.15, 0.2) is 60.7 Å². The number of fused-ring (bicyclic) bond motifs is 2. The van der Waals surface area contributed by atoms with E-state index in [2.05, 4.69) is 9.97 Å². The number of carbonyl (C=O) groups is 2. The number of anilines is 1. The first-order valence-electron chi connectivity index (χ1n) is 11.1. The third-order valence-electron chi connectivity index (χ3n) is 6.07. The van der Waals surface area contributed by atoms with Gasteiger partial charge in [-0.3, -0.25) is 9.59 Å². The van der Waals surface area contributed by atoms with Gasteiger partial charge in [-0.15, -0.1) is 0 Å². The standard InChI is InChI=1S/C26H24N4O4/c1-29(15-24-27-20-6-2-3-7-21(20)28-24)25(33)17-8-11-22-16(13-17)5-4-12-30(22)26(34)19-10-9-18(31)14-23(19)32/h2-3,6-11,13-14,31-32H,4-5,12,15H2,1H3,(H,27,28). The molecule has 0 atom stereocenters. The number of aryl methyl sites for hydroxylation is 1. The Balaban J connectivity index is 1.36. The number of rotatable bonds is 4. The van der Waals surface area contributed by atoms with Crippen molar-refractivity contribution in [3.63, 3.8) is 0 Å². The average molecular weight is 457 g/mol. The molecular formula is C26H24N4O4. The van der Waals surface area contributed by atoms with Crippen LogP contribution >= 0.6 is 0 Å². The van der Waals surface area contributed by atoms with Crippen molar-refractivity contribution in [2.75, 3.05) is 18.5 Å². The zero-order valence-corrected chi connectivity index (χ0v) is 18.7. The van der Waals surface area contributed by atoms with Crippen molar-refractivity contribution in [1.82, 2.24) is 14.9 Å². The SMILES string of the molecule is CN(Cc1nc2ccccc2[nH]1)C(=O)c1ccc2c(c1)CCCN2C(=O)c1ccc(O)cc1O. The van der Waals surface area contributed by atoms with E-state index in [1.807, 2.05) is 30.3 Å². The number of amides is 2. The number of benzene rings is 3. The topological polar surface area (TPSA) is 110 Å². The van der Waals surface area contributed by atoms with Gasteiger partial charge in [0, 0.05) is 30.9 Å². The Morgan fingerprint density at radius 2 is 1.91 bits per heavy atom. The number of phenols is 2. The maximum Gasteiger partial charge on any atom is 0.262 e. The van der Waals surface area contributed by atoms with Crippen LogP contribution < -0.4 is 4.90 Å². The lowest BCUT2D eigenvalue weighted by atomic mass is 9.97. The number of carbonyl (C=O) groups excluding carboxylic acids is 2. The molecule has 2 heterocycles. The van der Waals surface area contributed by atoms with E-state index in [0.717, 1.165) is 41.2 Å². The molecule has 0 aliphatic carbocycles. The number of aromatic hydroxyl groups is 2. The van der Waals surface area contributed by atoms with Crippen LogP contribution in [0.25, 0.3) is 11.0 Å². The number of H-pyrrole nitrogens is 1. The Labute approximate surface area is 196 Å². The molecule has 0 spiro atoms. The maximum atomic E-state index is 13.1. The molecule has 8 heteroatoms. The summed E-state index contributed by atoms with van der Waals surface area (Å²) in [4.78, 5) is 37.2. The first-order valence-corrected chi connectivity index (χ1v) is 11.1. The third-order valence-corrected chi connectivity index (χ3v) is 6.07.